The smallest absolute Gasteiger partial charge is 0.242 e. The molecule has 4 amide bonds. The number of carbonyl (C=O) groups excluding carboxylic acids is 4. The number of benzene rings is 3. The van der Waals surface area contributed by atoms with Gasteiger partial charge in [0.25, 0.3) is 0 Å². The minimum absolute atomic E-state index is 0.0109. The number of aromatic nitrogens is 2. The van der Waals surface area contributed by atoms with E-state index in [4.69, 9.17) is 16.7 Å². The molecule has 2 aliphatic heterocycles. The van der Waals surface area contributed by atoms with Crippen LogP contribution >= 0.6 is 38.9 Å². The number of phenols is 1. The Morgan fingerprint density at radius 1 is 0.981 bits per heavy atom. The molecule has 4 heterocycles. The molecule has 0 bridgehead atoms. The molecule has 3 aromatic carbocycles. The van der Waals surface area contributed by atoms with Crippen molar-refractivity contribution in [2.45, 2.75) is 39.2 Å². The molecule has 0 unspecified atom stereocenters. The number of phenolic OH excluding ortho intramolecular Hbond substituents is 1. The van der Waals surface area contributed by atoms with Gasteiger partial charge in [-0.15, -0.1) is 11.3 Å². The van der Waals surface area contributed by atoms with E-state index in [0.29, 0.717) is 33.0 Å². The van der Waals surface area contributed by atoms with Crippen LogP contribution in [0.2, 0.25) is 5.02 Å². The van der Waals surface area contributed by atoms with Gasteiger partial charge < -0.3 is 5.11 Å². The first-order valence-corrected chi connectivity index (χ1v) is 19.6. The Kier molecular flexibility index (Phi) is 7.89. The molecule has 3 fully saturated rings. The number of halogens is 2. The van der Waals surface area contributed by atoms with Gasteiger partial charge in [-0.25, -0.2) is 4.90 Å². The van der Waals surface area contributed by atoms with E-state index in [1.54, 1.807) is 47.3 Å². The van der Waals surface area contributed by atoms with Crippen LogP contribution in [-0.2, 0) is 32.8 Å². The monoisotopic (exact) mass is 808 g/mol. The lowest BCUT2D eigenvalue weighted by Gasteiger charge is -2.49. The van der Waals surface area contributed by atoms with E-state index in [1.165, 1.54) is 9.80 Å². The average Bonchev–Trinajstić information content (AvgIpc) is 3.80. The number of hydrogen-bond acceptors (Lipinski definition) is 7. The fourth-order valence-corrected chi connectivity index (χ4v) is 11.2. The second-order valence-electron chi connectivity index (χ2n) is 14.8. The Morgan fingerprint density at radius 2 is 1.75 bits per heavy atom. The van der Waals surface area contributed by atoms with E-state index in [1.807, 2.05) is 68.5 Å². The van der Waals surface area contributed by atoms with Crippen LogP contribution in [0.3, 0.4) is 0 Å². The molecule has 0 radical (unpaired) electrons. The van der Waals surface area contributed by atoms with E-state index in [-0.39, 0.29) is 36.4 Å². The van der Waals surface area contributed by atoms with Crippen LogP contribution in [-0.4, -0.2) is 43.4 Å². The number of hydrogen-bond donors (Lipinski definition) is 1. The van der Waals surface area contributed by atoms with Crippen molar-refractivity contribution in [3.05, 3.63) is 111 Å². The first-order chi connectivity index (χ1) is 25.4. The van der Waals surface area contributed by atoms with Gasteiger partial charge in [0.2, 0.25) is 23.6 Å². The maximum atomic E-state index is 15.1. The van der Waals surface area contributed by atoms with E-state index in [2.05, 4.69) is 15.9 Å². The Bertz CT molecular complexity index is 2460. The van der Waals surface area contributed by atoms with Crippen LogP contribution in [0.5, 0.6) is 5.75 Å². The molecule has 9 rings (SSSR count). The lowest BCUT2D eigenvalue weighted by Crippen LogP contribution is -2.49. The molecule has 4 aliphatic rings. The van der Waals surface area contributed by atoms with Crippen molar-refractivity contribution in [3.63, 3.8) is 0 Å². The summed E-state index contributed by atoms with van der Waals surface area (Å²) in [6, 6.07) is 22.1. The zero-order valence-electron chi connectivity index (χ0n) is 29.0. The summed E-state index contributed by atoms with van der Waals surface area (Å²) in [5, 5.41) is 17.9. The molecule has 5 aromatic rings. The molecular formula is C41H34BrClN4O5S. The van der Waals surface area contributed by atoms with Gasteiger partial charge in [0.1, 0.15) is 17.3 Å². The summed E-state index contributed by atoms with van der Waals surface area (Å²) in [5.41, 5.74) is 2.49. The lowest BCUT2D eigenvalue weighted by molar-refractivity contribution is -0.141. The SMILES string of the molecule is Cc1c(-c2cc(N3C(=O)[C@@H]4C[C@@H]5C(=CC[C@@H]6C(=O)N(Cc7ccccc7)C(=O)[C@@H]65)[C@H](c5cc(Br)ccc5O)[C@]4(C)C3=O)n(C)n2)sc2ccc(Cl)cc12. The third-order valence-electron chi connectivity index (χ3n) is 12.1. The predicted molar refractivity (Wildman–Crippen MR) is 206 cm³/mol. The summed E-state index contributed by atoms with van der Waals surface area (Å²) in [7, 11) is 1.72. The molecule has 2 saturated heterocycles. The maximum Gasteiger partial charge on any atom is 0.242 e. The first kappa shape index (κ1) is 34.2. The number of allylic oxidation sites excluding steroid dienone is 2. The van der Waals surface area contributed by atoms with Crippen molar-refractivity contribution in [1.29, 1.82) is 0 Å². The minimum Gasteiger partial charge on any atom is -0.508 e. The van der Waals surface area contributed by atoms with E-state index in [0.717, 1.165) is 31.7 Å². The van der Waals surface area contributed by atoms with Crippen molar-refractivity contribution in [3.8, 4) is 16.3 Å². The zero-order valence-corrected chi connectivity index (χ0v) is 32.2. The molecule has 268 valence electrons. The number of aromatic hydroxyl groups is 1. The van der Waals surface area contributed by atoms with Gasteiger partial charge in [-0.2, -0.15) is 5.10 Å². The standard InChI is InChI=1S/C41H34BrClN4O5S/c1-20-26-16-23(43)10-14-32(26)53-36(20)30-18-33(45(3)44-30)47-38(50)29-17-27-24(35(41(29,2)40(47)52)28-15-22(42)9-13-31(28)48)11-12-25-34(27)39(51)46(37(25)49)19-21-7-5-4-6-8-21/h4-11,13-16,18,25,27,29,34-35,48H,12,17,19H2,1-3H3/t25-,27+,29-,34-,35+,41+/m0/s1. The predicted octanol–water partition coefficient (Wildman–Crippen LogP) is 8.16. The molecule has 6 atom stereocenters. The van der Waals surface area contributed by atoms with E-state index in [9.17, 15) is 19.5 Å². The van der Waals surface area contributed by atoms with Crippen LogP contribution in [0.15, 0.2) is 88.9 Å². The molecular weight excluding hydrogens is 776 g/mol. The van der Waals surface area contributed by atoms with Gasteiger partial charge in [-0.3, -0.25) is 28.8 Å². The molecule has 0 spiro atoms. The van der Waals surface area contributed by atoms with E-state index < -0.39 is 40.9 Å². The number of imide groups is 2. The maximum absolute atomic E-state index is 15.1. The third-order valence-corrected chi connectivity index (χ3v) is 14.1. The summed E-state index contributed by atoms with van der Waals surface area (Å²) in [6.45, 7) is 3.99. The summed E-state index contributed by atoms with van der Waals surface area (Å²) < 4.78 is 3.32. The van der Waals surface area contributed by atoms with Gasteiger partial charge in [-0.1, -0.05) is 69.5 Å². The van der Waals surface area contributed by atoms with Gasteiger partial charge in [0.15, 0.2) is 0 Å². The minimum atomic E-state index is -1.31. The lowest BCUT2D eigenvalue weighted by atomic mass is 9.51. The van der Waals surface area contributed by atoms with Crippen LogP contribution in [0.1, 0.15) is 42.4 Å². The number of anilines is 1. The third kappa shape index (κ3) is 4.96. The summed E-state index contributed by atoms with van der Waals surface area (Å²) in [4.78, 5) is 61.6. The Balaban J connectivity index is 1.14. The van der Waals surface area contributed by atoms with Gasteiger partial charge in [0, 0.05) is 38.8 Å². The fourth-order valence-electron chi connectivity index (χ4n) is 9.54. The van der Waals surface area contributed by atoms with Crippen molar-refractivity contribution in [1.82, 2.24) is 14.7 Å². The molecule has 2 aromatic heterocycles. The average molecular weight is 810 g/mol. The molecule has 1 N–H and O–H groups in total. The highest BCUT2D eigenvalue weighted by Crippen LogP contribution is 2.64. The van der Waals surface area contributed by atoms with Crippen LogP contribution < -0.4 is 4.90 Å². The largest absolute Gasteiger partial charge is 0.508 e. The Morgan fingerprint density at radius 3 is 2.53 bits per heavy atom. The number of aryl methyl sites for hydroxylation is 2. The molecule has 53 heavy (non-hydrogen) atoms. The summed E-state index contributed by atoms with van der Waals surface area (Å²) in [6.07, 6.45) is 2.54. The van der Waals surface area contributed by atoms with Crippen LogP contribution in [0.25, 0.3) is 20.7 Å². The summed E-state index contributed by atoms with van der Waals surface area (Å²) >= 11 is 11.4. The number of nitrogens with zero attached hydrogens (tertiary/aromatic N) is 4. The quantitative estimate of drug-likeness (QED) is 0.142. The van der Waals surface area contributed by atoms with Gasteiger partial charge in [0.05, 0.1) is 34.6 Å². The zero-order chi connectivity index (χ0) is 37.1. The van der Waals surface area contributed by atoms with Crippen molar-refractivity contribution in [2.24, 2.45) is 36.1 Å². The second kappa shape index (κ2) is 12.2. The molecule has 2 aliphatic carbocycles. The van der Waals surface area contributed by atoms with Crippen LogP contribution in [0, 0.1) is 36.0 Å². The number of thiophene rings is 1. The molecule has 9 nitrogen and oxygen atoms in total. The second-order valence-corrected chi connectivity index (χ2v) is 17.2. The summed E-state index contributed by atoms with van der Waals surface area (Å²) in [5.74, 6) is -4.23. The highest BCUT2D eigenvalue weighted by molar-refractivity contribution is 9.10. The van der Waals surface area contributed by atoms with Crippen molar-refractivity contribution < 1.29 is 24.3 Å². The van der Waals surface area contributed by atoms with Gasteiger partial charge in [-0.05, 0) is 85.5 Å². The highest BCUT2D eigenvalue weighted by atomic mass is 79.9. The highest BCUT2D eigenvalue weighted by Gasteiger charge is 2.68. The topological polar surface area (TPSA) is 113 Å². The number of fused-ring (bicyclic) bond motifs is 5. The van der Waals surface area contributed by atoms with E-state index >= 15 is 4.79 Å². The Labute approximate surface area is 323 Å². The normalized spacial score (nSPS) is 26.7. The molecule has 1 saturated carbocycles. The van der Waals surface area contributed by atoms with Crippen molar-refractivity contribution in [2.75, 3.05) is 4.90 Å². The molecule has 12 heteroatoms. The number of carbonyl (C=O) groups is 4. The number of likely N-dealkylation sites (tertiary alicyclic amines) is 1. The fraction of sp³-hybridized carbons (Fsp3) is 0.293. The number of rotatable bonds is 5. The Hall–Kier alpha value is -4.58. The number of amides is 4. The van der Waals surface area contributed by atoms with Gasteiger partial charge >= 0.3 is 0 Å². The first-order valence-electron chi connectivity index (χ1n) is 17.6. The van der Waals surface area contributed by atoms with Crippen molar-refractivity contribution >= 4 is 78.4 Å². The van der Waals surface area contributed by atoms with Crippen LogP contribution in [0.4, 0.5) is 5.82 Å².